The first-order valence-corrected chi connectivity index (χ1v) is 8.45. The Bertz CT molecular complexity index is 860. The molecule has 1 aromatic carbocycles. The number of nitrogens with one attached hydrogen (secondary N) is 1. The fourth-order valence-electron chi connectivity index (χ4n) is 2.65. The number of fused-ring (bicyclic) bond motifs is 1. The van der Waals surface area contributed by atoms with E-state index < -0.39 is 0 Å². The summed E-state index contributed by atoms with van der Waals surface area (Å²) >= 11 is 3.48. The molecule has 0 spiro atoms. The molecule has 0 aliphatic carbocycles. The van der Waals surface area contributed by atoms with Gasteiger partial charge in [-0.15, -0.1) is 0 Å². The maximum absolute atomic E-state index is 4.76. The van der Waals surface area contributed by atoms with Gasteiger partial charge in [0.2, 0.25) is 11.3 Å². The molecule has 1 aliphatic heterocycles. The van der Waals surface area contributed by atoms with Gasteiger partial charge >= 0.3 is 0 Å². The summed E-state index contributed by atoms with van der Waals surface area (Å²) in [6.07, 6.45) is 0. The lowest BCUT2D eigenvalue weighted by Gasteiger charge is -2.33. The van der Waals surface area contributed by atoms with Crippen LogP contribution in [0.25, 0.3) is 11.3 Å². The second-order valence-corrected chi connectivity index (χ2v) is 6.65. The minimum absolute atomic E-state index is 0.394. The van der Waals surface area contributed by atoms with Crippen LogP contribution in [0.3, 0.4) is 0 Å². The first-order chi connectivity index (χ1) is 11.7. The van der Waals surface area contributed by atoms with E-state index in [2.05, 4.69) is 58.4 Å². The molecule has 0 amide bonds. The van der Waals surface area contributed by atoms with Gasteiger partial charge in [0.05, 0.1) is 0 Å². The van der Waals surface area contributed by atoms with Crippen molar-refractivity contribution in [1.82, 2.24) is 25.2 Å². The lowest BCUT2D eigenvalue weighted by molar-refractivity contribution is 0.311. The molecule has 1 aliphatic rings. The van der Waals surface area contributed by atoms with Gasteiger partial charge in [0.1, 0.15) is 0 Å². The number of piperazine rings is 1. The molecule has 8 nitrogen and oxygen atoms in total. The predicted molar refractivity (Wildman–Crippen MR) is 94.5 cm³/mol. The number of aromatic nitrogens is 4. The Morgan fingerprint density at radius 1 is 1.08 bits per heavy atom. The van der Waals surface area contributed by atoms with E-state index in [1.54, 1.807) is 0 Å². The van der Waals surface area contributed by atoms with Crippen LogP contribution in [0.5, 0.6) is 0 Å². The van der Waals surface area contributed by atoms with Crippen molar-refractivity contribution in [2.75, 3.05) is 43.4 Å². The van der Waals surface area contributed by atoms with Crippen molar-refractivity contribution < 1.29 is 4.63 Å². The molecule has 0 unspecified atom stereocenters. The Morgan fingerprint density at radius 3 is 2.58 bits per heavy atom. The Balaban J connectivity index is 1.73. The molecule has 0 saturated carbocycles. The number of hydrogen-bond acceptors (Lipinski definition) is 8. The van der Waals surface area contributed by atoms with E-state index in [9.17, 15) is 0 Å². The molecule has 2 aromatic heterocycles. The number of hydrogen-bond donors (Lipinski definition) is 1. The highest BCUT2D eigenvalue weighted by Crippen LogP contribution is 2.28. The van der Waals surface area contributed by atoms with E-state index in [-0.39, 0.29) is 0 Å². The Labute approximate surface area is 147 Å². The third kappa shape index (κ3) is 3.04. The van der Waals surface area contributed by atoms with E-state index in [0.29, 0.717) is 17.1 Å². The molecule has 9 heteroatoms. The molecule has 0 atom stereocenters. The highest BCUT2D eigenvalue weighted by molar-refractivity contribution is 9.10. The molecule has 1 fully saturated rings. The van der Waals surface area contributed by atoms with Crippen LogP contribution >= 0.6 is 15.9 Å². The van der Waals surface area contributed by atoms with Crippen LogP contribution in [0.4, 0.5) is 17.3 Å². The molecule has 0 bridgehead atoms. The van der Waals surface area contributed by atoms with Crippen LogP contribution in [0.15, 0.2) is 33.4 Å². The summed E-state index contributed by atoms with van der Waals surface area (Å²) in [5.74, 6) is 1.42. The highest BCUT2D eigenvalue weighted by Gasteiger charge is 2.21. The van der Waals surface area contributed by atoms with Gasteiger partial charge in [-0.1, -0.05) is 22.0 Å². The van der Waals surface area contributed by atoms with Crippen molar-refractivity contribution in [3.05, 3.63) is 28.7 Å². The van der Waals surface area contributed by atoms with Crippen LogP contribution in [-0.2, 0) is 0 Å². The summed E-state index contributed by atoms with van der Waals surface area (Å²) in [5.41, 5.74) is 1.74. The average Bonchev–Trinajstić information content (AvgIpc) is 3.02. The maximum Gasteiger partial charge on any atom is 0.245 e. The molecule has 24 heavy (non-hydrogen) atoms. The fourth-order valence-corrected chi connectivity index (χ4v) is 3.05. The Hall–Kier alpha value is -2.26. The molecular formula is C15H16BrN7O. The van der Waals surface area contributed by atoms with Crippen molar-refractivity contribution in [3.8, 4) is 0 Å². The van der Waals surface area contributed by atoms with Gasteiger partial charge in [-0.3, -0.25) is 0 Å². The van der Waals surface area contributed by atoms with Crippen molar-refractivity contribution in [1.29, 1.82) is 0 Å². The van der Waals surface area contributed by atoms with Crippen LogP contribution < -0.4 is 10.2 Å². The summed E-state index contributed by atoms with van der Waals surface area (Å²) in [6.45, 7) is 3.73. The van der Waals surface area contributed by atoms with Crippen LogP contribution in [-0.4, -0.2) is 58.4 Å². The van der Waals surface area contributed by atoms with Crippen molar-refractivity contribution in [2.24, 2.45) is 0 Å². The summed E-state index contributed by atoms with van der Waals surface area (Å²) < 4.78 is 5.75. The number of anilines is 3. The van der Waals surface area contributed by atoms with E-state index in [0.717, 1.165) is 42.2 Å². The Morgan fingerprint density at radius 2 is 1.83 bits per heavy atom. The number of rotatable bonds is 3. The second-order valence-electron chi connectivity index (χ2n) is 5.73. The minimum Gasteiger partial charge on any atom is -0.351 e. The number of halogens is 1. The standard InChI is InChI=1S/C15H16BrN7O/c1-22-5-7-23(8-6-22)15-14(17-11-4-2-3-10(16)9-11)18-12-13(19-15)21-24-20-12/h2-4,9H,5-8H2,1H3,(H,17,18,20). The van der Waals surface area contributed by atoms with Crippen LogP contribution in [0.2, 0.25) is 0 Å². The van der Waals surface area contributed by atoms with Gasteiger partial charge in [0, 0.05) is 36.3 Å². The number of likely N-dealkylation sites (N-methyl/N-ethyl adjacent to an activating group) is 1. The normalized spacial score (nSPS) is 15.8. The topological polar surface area (TPSA) is 83.2 Å². The first-order valence-electron chi connectivity index (χ1n) is 7.65. The van der Waals surface area contributed by atoms with Gasteiger partial charge < -0.3 is 15.1 Å². The third-order valence-corrected chi connectivity index (χ3v) is 4.48. The fraction of sp³-hybridized carbons (Fsp3) is 0.333. The zero-order valence-corrected chi connectivity index (χ0v) is 14.7. The Kier molecular flexibility index (Phi) is 4.03. The van der Waals surface area contributed by atoms with Crippen molar-refractivity contribution in [3.63, 3.8) is 0 Å². The predicted octanol–water partition coefficient (Wildman–Crippen LogP) is 2.27. The van der Waals surface area contributed by atoms with Gasteiger partial charge in [-0.05, 0) is 35.6 Å². The minimum atomic E-state index is 0.394. The third-order valence-electron chi connectivity index (χ3n) is 3.99. The van der Waals surface area contributed by atoms with Crippen LogP contribution in [0.1, 0.15) is 0 Å². The van der Waals surface area contributed by atoms with E-state index in [1.165, 1.54) is 0 Å². The van der Waals surface area contributed by atoms with E-state index in [4.69, 9.17) is 4.63 Å². The zero-order valence-electron chi connectivity index (χ0n) is 13.1. The lowest BCUT2D eigenvalue weighted by atomic mass is 10.3. The van der Waals surface area contributed by atoms with E-state index >= 15 is 0 Å². The molecular weight excluding hydrogens is 374 g/mol. The highest BCUT2D eigenvalue weighted by atomic mass is 79.9. The summed E-state index contributed by atoms with van der Waals surface area (Å²) in [5, 5.41) is 11.0. The van der Waals surface area contributed by atoms with Gasteiger partial charge in [-0.25, -0.2) is 14.6 Å². The molecule has 3 aromatic rings. The largest absolute Gasteiger partial charge is 0.351 e. The molecule has 4 rings (SSSR count). The zero-order chi connectivity index (χ0) is 16.5. The van der Waals surface area contributed by atoms with Crippen LogP contribution in [0, 0.1) is 0 Å². The number of nitrogens with zero attached hydrogens (tertiary/aromatic N) is 6. The monoisotopic (exact) mass is 389 g/mol. The average molecular weight is 390 g/mol. The second kappa shape index (κ2) is 6.33. The van der Waals surface area contributed by atoms with Gasteiger partial charge in [0.25, 0.3) is 0 Å². The van der Waals surface area contributed by atoms with Crippen molar-refractivity contribution in [2.45, 2.75) is 0 Å². The summed E-state index contributed by atoms with van der Waals surface area (Å²) in [4.78, 5) is 13.7. The molecule has 1 saturated heterocycles. The smallest absolute Gasteiger partial charge is 0.245 e. The summed E-state index contributed by atoms with van der Waals surface area (Å²) in [6, 6.07) is 7.90. The molecule has 124 valence electrons. The molecule has 0 radical (unpaired) electrons. The van der Waals surface area contributed by atoms with Gasteiger partial charge in [0.15, 0.2) is 11.6 Å². The van der Waals surface area contributed by atoms with Crippen molar-refractivity contribution >= 4 is 44.5 Å². The quantitative estimate of drug-likeness (QED) is 0.730. The maximum atomic E-state index is 4.76. The molecule has 1 N–H and O–H groups in total. The first kappa shape index (κ1) is 15.3. The summed E-state index contributed by atoms with van der Waals surface area (Å²) in [7, 11) is 2.12. The molecule has 3 heterocycles. The lowest BCUT2D eigenvalue weighted by Crippen LogP contribution is -2.45. The number of benzene rings is 1. The SMILES string of the molecule is CN1CCN(c2nc3nonc3nc2Nc2cccc(Br)c2)CC1. The van der Waals surface area contributed by atoms with Gasteiger partial charge in [-0.2, -0.15) is 0 Å². The van der Waals surface area contributed by atoms with E-state index in [1.807, 2.05) is 24.3 Å².